The molecule has 0 saturated carbocycles. The van der Waals surface area contributed by atoms with Gasteiger partial charge in [0.1, 0.15) is 0 Å². The van der Waals surface area contributed by atoms with Gasteiger partial charge in [-0.1, -0.05) is 54.7 Å². The maximum absolute atomic E-state index is 3.41. The summed E-state index contributed by atoms with van der Waals surface area (Å²) in [5, 5.41) is 0. The van der Waals surface area contributed by atoms with Crippen molar-refractivity contribution in [1.82, 2.24) is 0 Å². The molecule has 0 amide bonds. The van der Waals surface area contributed by atoms with Gasteiger partial charge in [-0.3, -0.25) is 0 Å². The van der Waals surface area contributed by atoms with Crippen LogP contribution in [0.4, 0.5) is 0 Å². The van der Waals surface area contributed by atoms with Crippen LogP contribution >= 0.6 is 47.8 Å². The van der Waals surface area contributed by atoms with Crippen LogP contribution in [0.5, 0.6) is 0 Å². The molecule has 0 nitrogen and oxygen atoms in total. The second-order valence-electron chi connectivity index (χ2n) is 1.57. The zero-order chi connectivity index (χ0) is 6.08. The summed E-state index contributed by atoms with van der Waals surface area (Å²) >= 11 is 10.2. The van der Waals surface area contributed by atoms with Gasteiger partial charge in [0, 0.05) is 4.83 Å². The van der Waals surface area contributed by atoms with Gasteiger partial charge in [-0.2, -0.15) is 0 Å². The standard InChI is InChI=1S/C4H7Br3/c1-3(5)4(2,6)7/h3H,1-2H3. The molecule has 0 heterocycles. The maximum atomic E-state index is 3.41. The Kier molecular flexibility index (Phi) is 3.41. The summed E-state index contributed by atoms with van der Waals surface area (Å²) in [6, 6.07) is 0. The van der Waals surface area contributed by atoms with Gasteiger partial charge < -0.3 is 0 Å². The van der Waals surface area contributed by atoms with Crippen LogP contribution in [0.15, 0.2) is 0 Å². The minimum Gasteiger partial charge on any atom is -0.0869 e. The zero-order valence-corrected chi connectivity index (χ0v) is 8.97. The molecule has 0 saturated heterocycles. The van der Waals surface area contributed by atoms with Crippen molar-refractivity contribution in [2.45, 2.75) is 21.9 Å². The van der Waals surface area contributed by atoms with Crippen LogP contribution in [0.2, 0.25) is 0 Å². The van der Waals surface area contributed by atoms with Gasteiger partial charge in [0.2, 0.25) is 0 Å². The van der Waals surface area contributed by atoms with Gasteiger partial charge in [-0.05, 0) is 6.92 Å². The van der Waals surface area contributed by atoms with Gasteiger partial charge in [0.05, 0.1) is 3.23 Å². The summed E-state index contributed by atoms with van der Waals surface area (Å²) < 4.78 is 0.0417. The first-order valence-electron chi connectivity index (χ1n) is 1.96. The number of hydrogen-bond acceptors (Lipinski definition) is 0. The Balaban J connectivity index is 3.54. The molecule has 0 aromatic rings. The highest BCUT2D eigenvalue weighted by atomic mass is 79.9. The minimum atomic E-state index is 0.0417. The van der Waals surface area contributed by atoms with Crippen LogP contribution in [-0.2, 0) is 0 Å². The van der Waals surface area contributed by atoms with E-state index in [1.807, 2.05) is 6.92 Å². The Labute approximate surface area is 69.4 Å². The molecule has 44 valence electrons. The molecular weight excluding hydrogens is 288 g/mol. The van der Waals surface area contributed by atoms with E-state index in [9.17, 15) is 0 Å². The molecule has 3 heteroatoms. The van der Waals surface area contributed by atoms with Crippen molar-refractivity contribution >= 4 is 47.8 Å². The number of alkyl halides is 3. The SMILES string of the molecule is CC(Br)C(C)(Br)Br. The maximum Gasteiger partial charge on any atom is 0.0899 e. The van der Waals surface area contributed by atoms with Gasteiger partial charge in [0.25, 0.3) is 0 Å². The number of halogens is 3. The molecule has 0 aliphatic rings. The van der Waals surface area contributed by atoms with Crippen molar-refractivity contribution < 1.29 is 0 Å². The Bertz CT molecular complexity index is 52.4. The predicted molar refractivity (Wildman–Crippen MR) is 44.6 cm³/mol. The lowest BCUT2D eigenvalue weighted by atomic mass is 10.4. The Hall–Kier alpha value is 1.44. The fourth-order valence-electron chi connectivity index (χ4n) is 0. The first-order valence-corrected chi connectivity index (χ1v) is 4.46. The fourth-order valence-corrected chi connectivity index (χ4v) is 0. The van der Waals surface area contributed by atoms with E-state index in [1.165, 1.54) is 0 Å². The van der Waals surface area contributed by atoms with Crippen LogP contribution in [0, 0.1) is 0 Å². The van der Waals surface area contributed by atoms with E-state index in [0.717, 1.165) is 0 Å². The highest BCUT2D eigenvalue weighted by Gasteiger charge is 2.20. The van der Waals surface area contributed by atoms with Crippen LogP contribution < -0.4 is 0 Å². The quantitative estimate of drug-likeness (QED) is 0.651. The second kappa shape index (κ2) is 2.83. The van der Waals surface area contributed by atoms with Crippen LogP contribution in [0.3, 0.4) is 0 Å². The summed E-state index contributed by atoms with van der Waals surface area (Å²) in [5.74, 6) is 0. The van der Waals surface area contributed by atoms with E-state index in [0.29, 0.717) is 4.83 Å². The molecule has 0 bridgehead atoms. The Morgan fingerprint density at radius 1 is 1.43 bits per heavy atom. The summed E-state index contributed by atoms with van der Waals surface area (Å²) in [5.41, 5.74) is 0. The summed E-state index contributed by atoms with van der Waals surface area (Å²) in [6.45, 7) is 4.12. The Morgan fingerprint density at radius 3 is 1.57 bits per heavy atom. The molecule has 0 fully saturated rings. The van der Waals surface area contributed by atoms with E-state index in [-0.39, 0.29) is 3.23 Å². The molecule has 0 aliphatic heterocycles. The first kappa shape index (κ1) is 8.44. The average molecular weight is 295 g/mol. The molecule has 0 radical (unpaired) electrons. The molecule has 0 spiro atoms. The number of rotatable bonds is 1. The van der Waals surface area contributed by atoms with E-state index in [4.69, 9.17) is 0 Å². The molecule has 0 aromatic heterocycles. The third-order valence-corrected chi connectivity index (χ3v) is 4.22. The fraction of sp³-hybridized carbons (Fsp3) is 1.00. The van der Waals surface area contributed by atoms with E-state index >= 15 is 0 Å². The van der Waals surface area contributed by atoms with Crippen LogP contribution in [-0.4, -0.2) is 8.06 Å². The molecule has 0 rings (SSSR count). The summed E-state index contributed by atoms with van der Waals surface area (Å²) in [4.78, 5) is 0.444. The molecule has 1 unspecified atom stereocenters. The van der Waals surface area contributed by atoms with Gasteiger partial charge in [-0.25, -0.2) is 0 Å². The predicted octanol–water partition coefficient (Wildman–Crippen LogP) is 3.28. The van der Waals surface area contributed by atoms with Crippen molar-refractivity contribution in [3.8, 4) is 0 Å². The van der Waals surface area contributed by atoms with Crippen molar-refractivity contribution in [1.29, 1.82) is 0 Å². The lowest BCUT2D eigenvalue weighted by molar-refractivity contribution is 0.914. The molecule has 1 atom stereocenters. The summed E-state index contributed by atoms with van der Waals surface area (Å²) in [6.07, 6.45) is 0. The third kappa shape index (κ3) is 3.98. The van der Waals surface area contributed by atoms with Gasteiger partial charge in [0.15, 0.2) is 0 Å². The van der Waals surface area contributed by atoms with Crippen molar-refractivity contribution in [3.63, 3.8) is 0 Å². The monoisotopic (exact) mass is 292 g/mol. The molecule has 0 aromatic carbocycles. The third-order valence-electron chi connectivity index (χ3n) is 0.698. The minimum absolute atomic E-state index is 0.0417. The van der Waals surface area contributed by atoms with E-state index in [2.05, 4.69) is 54.7 Å². The lowest BCUT2D eigenvalue weighted by Gasteiger charge is -2.15. The normalized spacial score (nSPS) is 16.7. The van der Waals surface area contributed by atoms with Gasteiger partial charge in [-0.15, -0.1) is 0 Å². The molecule has 0 N–H and O–H groups in total. The molecule has 7 heavy (non-hydrogen) atoms. The average Bonchev–Trinajstić information content (AvgIpc) is 1.31. The van der Waals surface area contributed by atoms with E-state index in [1.54, 1.807) is 0 Å². The van der Waals surface area contributed by atoms with Crippen molar-refractivity contribution in [3.05, 3.63) is 0 Å². The van der Waals surface area contributed by atoms with Gasteiger partial charge >= 0.3 is 0 Å². The van der Waals surface area contributed by atoms with Crippen molar-refractivity contribution in [2.75, 3.05) is 0 Å². The zero-order valence-electron chi connectivity index (χ0n) is 4.21. The molecular formula is C4H7Br3. The van der Waals surface area contributed by atoms with E-state index < -0.39 is 0 Å². The Morgan fingerprint density at radius 2 is 1.57 bits per heavy atom. The lowest BCUT2D eigenvalue weighted by Crippen LogP contribution is -2.15. The van der Waals surface area contributed by atoms with Crippen LogP contribution in [0.25, 0.3) is 0 Å². The van der Waals surface area contributed by atoms with Crippen LogP contribution in [0.1, 0.15) is 13.8 Å². The smallest absolute Gasteiger partial charge is 0.0869 e. The highest BCUT2D eigenvalue weighted by Crippen LogP contribution is 2.33. The molecule has 0 aliphatic carbocycles. The second-order valence-corrected chi connectivity index (χ2v) is 7.30. The highest BCUT2D eigenvalue weighted by molar-refractivity contribution is 9.26. The summed E-state index contributed by atoms with van der Waals surface area (Å²) in [7, 11) is 0. The topological polar surface area (TPSA) is 0 Å². The number of hydrogen-bond donors (Lipinski definition) is 0. The van der Waals surface area contributed by atoms with Crippen molar-refractivity contribution in [2.24, 2.45) is 0 Å². The first-order chi connectivity index (χ1) is 2.94. The largest absolute Gasteiger partial charge is 0.0899 e.